The number of hydrogen-bond donors (Lipinski definition) is 1. The van der Waals surface area contributed by atoms with Gasteiger partial charge in [0.2, 0.25) is 12.7 Å². The van der Waals surface area contributed by atoms with Gasteiger partial charge in [-0.2, -0.15) is 0 Å². The summed E-state index contributed by atoms with van der Waals surface area (Å²) in [6.07, 6.45) is 0. The van der Waals surface area contributed by atoms with Gasteiger partial charge < -0.3 is 19.2 Å². The molecule has 1 aromatic heterocycles. The molecule has 92 valence electrons. The summed E-state index contributed by atoms with van der Waals surface area (Å²) in [7, 11) is 0. The molecular formula is C11H9N3O4. The number of rotatable bonds is 2. The molecule has 0 saturated heterocycles. The van der Waals surface area contributed by atoms with Crippen molar-refractivity contribution in [1.82, 2.24) is 10.2 Å². The summed E-state index contributed by atoms with van der Waals surface area (Å²) >= 11 is 0. The number of fused-ring (bicyclic) bond motifs is 1. The van der Waals surface area contributed by atoms with Crippen molar-refractivity contribution in [3.05, 3.63) is 30.0 Å². The molecule has 18 heavy (non-hydrogen) atoms. The van der Waals surface area contributed by atoms with Gasteiger partial charge in [-0.25, -0.2) is 0 Å². The van der Waals surface area contributed by atoms with Crippen LogP contribution in [0.1, 0.15) is 16.6 Å². The van der Waals surface area contributed by atoms with Gasteiger partial charge in [0, 0.05) is 18.7 Å². The van der Waals surface area contributed by atoms with Crippen LogP contribution in [0.4, 0.5) is 5.69 Å². The van der Waals surface area contributed by atoms with Gasteiger partial charge in [-0.15, -0.1) is 10.2 Å². The third-order valence-electron chi connectivity index (χ3n) is 2.35. The van der Waals surface area contributed by atoms with Crippen LogP contribution in [0.3, 0.4) is 0 Å². The van der Waals surface area contributed by atoms with Crippen molar-refractivity contribution in [3.8, 4) is 11.5 Å². The number of benzene rings is 1. The lowest BCUT2D eigenvalue weighted by molar-refractivity contribution is 0.0989. The molecule has 1 aromatic carbocycles. The number of hydrogen-bond acceptors (Lipinski definition) is 6. The van der Waals surface area contributed by atoms with Gasteiger partial charge in [-0.05, 0) is 12.1 Å². The van der Waals surface area contributed by atoms with Crippen LogP contribution in [-0.4, -0.2) is 22.9 Å². The lowest BCUT2D eigenvalue weighted by atomic mass is 10.3. The van der Waals surface area contributed by atoms with Crippen LogP contribution in [-0.2, 0) is 0 Å². The first-order chi connectivity index (χ1) is 8.72. The third kappa shape index (κ3) is 1.86. The molecule has 1 N–H and O–H groups in total. The Balaban J connectivity index is 1.78. The minimum Gasteiger partial charge on any atom is -0.454 e. The van der Waals surface area contributed by atoms with E-state index in [9.17, 15) is 4.79 Å². The lowest BCUT2D eigenvalue weighted by Crippen LogP contribution is -2.12. The summed E-state index contributed by atoms with van der Waals surface area (Å²) in [4.78, 5) is 11.7. The fourth-order valence-electron chi connectivity index (χ4n) is 1.55. The van der Waals surface area contributed by atoms with E-state index < -0.39 is 5.91 Å². The summed E-state index contributed by atoms with van der Waals surface area (Å²) in [5.41, 5.74) is 0.570. The van der Waals surface area contributed by atoms with Gasteiger partial charge in [0.05, 0.1) is 0 Å². The molecule has 0 aliphatic carbocycles. The van der Waals surface area contributed by atoms with Crippen molar-refractivity contribution in [2.45, 2.75) is 6.92 Å². The molecule has 2 heterocycles. The second-order valence-electron chi connectivity index (χ2n) is 3.65. The number of nitrogens with one attached hydrogen (secondary N) is 1. The normalized spacial score (nSPS) is 12.5. The van der Waals surface area contributed by atoms with Gasteiger partial charge >= 0.3 is 11.8 Å². The van der Waals surface area contributed by atoms with Crippen LogP contribution in [0.25, 0.3) is 0 Å². The van der Waals surface area contributed by atoms with E-state index in [1.807, 2.05) is 0 Å². The number of amides is 1. The predicted octanol–water partition coefficient (Wildman–Crippen LogP) is 1.36. The van der Waals surface area contributed by atoms with Crippen molar-refractivity contribution in [2.75, 3.05) is 12.1 Å². The van der Waals surface area contributed by atoms with Crippen molar-refractivity contribution in [2.24, 2.45) is 0 Å². The molecule has 0 atom stereocenters. The zero-order valence-corrected chi connectivity index (χ0v) is 9.47. The highest BCUT2D eigenvalue weighted by molar-refractivity contribution is 6.00. The fraction of sp³-hybridized carbons (Fsp3) is 0.182. The maximum Gasteiger partial charge on any atom is 0.313 e. The molecular weight excluding hydrogens is 238 g/mol. The number of aryl methyl sites for hydroxylation is 1. The highest BCUT2D eigenvalue weighted by atomic mass is 16.7. The topological polar surface area (TPSA) is 86.5 Å². The fourth-order valence-corrected chi connectivity index (χ4v) is 1.55. The summed E-state index contributed by atoms with van der Waals surface area (Å²) in [5.74, 6) is 1.04. The van der Waals surface area contributed by atoms with Crippen LogP contribution < -0.4 is 14.8 Å². The minimum atomic E-state index is -0.463. The average Bonchev–Trinajstić information content (AvgIpc) is 2.96. The van der Waals surface area contributed by atoms with Crippen molar-refractivity contribution < 1.29 is 18.7 Å². The molecule has 1 aliphatic rings. The Kier molecular flexibility index (Phi) is 2.36. The molecule has 0 bridgehead atoms. The van der Waals surface area contributed by atoms with E-state index in [0.29, 0.717) is 23.1 Å². The van der Waals surface area contributed by atoms with E-state index in [2.05, 4.69) is 15.5 Å². The monoisotopic (exact) mass is 247 g/mol. The van der Waals surface area contributed by atoms with E-state index in [-0.39, 0.29) is 12.7 Å². The Morgan fingerprint density at radius 1 is 1.28 bits per heavy atom. The number of carbonyl (C=O) groups excluding carboxylic acids is 1. The van der Waals surface area contributed by atoms with Crippen LogP contribution in [0.2, 0.25) is 0 Å². The Morgan fingerprint density at radius 2 is 2.11 bits per heavy atom. The van der Waals surface area contributed by atoms with Crippen molar-refractivity contribution in [1.29, 1.82) is 0 Å². The number of carbonyl (C=O) groups is 1. The Labute approximate surface area is 102 Å². The predicted molar refractivity (Wildman–Crippen MR) is 59.6 cm³/mol. The van der Waals surface area contributed by atoms with E-state index in [4.69, 9.17) is 13.9 Å². The zero-order valence-electron chi connectivity index (χ0n) is 9.47. The number of ether oxygens (including phenoxy) is 2. The van der Waals surface area contributed by atoms with Gasteiger partial charge in [-0.3, -0.25) is 4.79 Å². The molecule has 0 radical (unpaired) electrons. The van der Waals surface area contributed by atoms with Gasteiger partial charge in [0.25, 0.3) is 0 Å². The first-order valence-corrected chi connectivity index (χ1v) is 5.23. The van der Waals surface area contributed by atoms with Crippen LogP contribution in [0.15, 0.2) is 22.6 Å². The first kappa shape index (κ1) is 10.6. The molecule has 2 aromatic rings. The molecule has 3 rings (SSSR count). The maximum absolute atomic E-state index is 11.7. The molecule has 0 fully saturated rings. The summed E-state index contributed by atoms with van der Waals surface area (Å²) < 4.78 is 15.4. The third-order valence-corrected chi connectivity index (χ3v) is 2.35. The van der Waals surface area contributed by atoms with Crippen molar-refractivity contribution >= 4 is 11.6 Å². The zero-order chi connectivity index (χ0) is 12.5. The highest BCUT2D eigenvalue weighted by Crippen LogP contribution is 2.34. The molecule has 7 heteroatoms. The Bertz CT molecular complexity index is 608. The standard InChI is InChI=1S/C11H9N3O4/c1-6-13-14-11(18-6)10(15)12-7-2-3-8-9(4-7)17-5-16-8/h2-4H,5H2,1H3,(H,12,15). The number of nitrogens with zero attached hydrogens (tertiary/aromatic N) is 2. The second kappa shape index (κ2) is 4.02. The van der Waals surface area contributed by atoms with Crippen molar-refractivity contribution in [3.63, 3.8) is 0 Å². The van der Waals surface area contributed by atoms with Crippen LogP contribution >= 0.6 is 0 Å². The SMILES string of the molecule is Cc1nnc(C(=O)Nc2ccc3c(c2)OCO3)o1. The molecule has 0 unspecified atom stereocenters. The molecule has 1 amide bonds. The molecule has 0 saturated carbocycles. The molecule has 0 spiro atoms. The largest absolute Gasteiger partial charge is 0.454 e. The maximum atomic E-state index is 11.7. The Morgan fingerprint density at radius 3 is 2.89 bits per heavy atom. The number of anilines is 1. The van der Waals surface area contributed by atoms with Crippen LogP contribution in [0.5, 0.6) is 11.5 Å². The summed E-state index contributed by atoms with van der Waals surface area (Å²) in [6, 6.07) is 5.09. The summed E-state index contributed by atoms with van der Waals surface area (Å²) in [5, 5.41) is 9.85. The minimum absolute atomic E-state index is 0.0785. The van der Waals surface area contributed by atoms with Gasteiger partial charge in [0.15, 0.2) is 11.5 Å². The van der Waals surface area contributed by atoms with Crippen LogP contribution in [0, 0.1) is 6.92 Å². The second-order valence-corrected chi connectivity index (χ2v) is 3.65. The summed E-state index contributed by atoms with van der Waals surface area (Å²) in [6.45, 7) is 1.81. The first-order valence-electron chi connectivity index (χ1n) is 5.23. The highest BCUT2D eigenvalue weighted by Gasteiger charge is 2.17. The Hall–Kier alpha value is -2.57. The number of aromatic nitrogens is 2. The molecule has 7 nitrogen and oxygen atoms in total. The smallest absolute Gasteiger partial charge is 0.313 e. The van der Waals surface area contributed by atoms with E-state index in [1.165, 1.54) is 0 Å². The van der Waals surface area contributed by atoms with Gasteiger partial charge in [-0.1, -0.05) is 0 Å². The van der Waals surface area contributed by atoms with E-state index in [0.717, 1.165) is 0 Å². The lowest BCUT2D eigenvalue weighted by Gasteiger charge is -2.03. The van der Waals surface area contributed by atoms with Gasteiger partial charge in [0.1, 0.15) is 0 Å². The van der Waals surface area contributed by atoms with E-state index in [1.54, 1.807) is 25.1 Å². The average molecular weight is 247 g/mol. The van der Waals surface area contributed by atoms with E-state index >= 15 is 0 Å². The molecule has 1 aliphatic heterocycles. The quantitative estimate of drug-likeness (QED) is 0.862.